The van der Waals surface area contributed by atoms with Gasteiger partial charge in [0, 0.05) is 30.6 Å². The summed E-state index contributed by atoms with van der Waals surface area (Å²) in [6.07, 6.45) is 2.45. The highest BCUT2D eigenvalue weighted by Gasteiger charge is 2.30. The predicted molar refractivity (Wildman–Crippen MR) is 98.4 cm³/mol. The molecule has 3 aromatic rings. The Morgan fingerprint density at radius 2 is 1.77 bits per heavy atom. The predicted octanol–water partition coefficient (Wildman–Crippen LogP) is 3.56. The molecule has 1 aliphatic rings. The van der Waals surface area contributed by atoms with Crippen molar-refractivity contribution in [3.63, 3.8) is 0 Å². The minimum Gasteiger partial charge on any atom is -0.478 e. The highest BCUT2D eigenvalue weighted by molar-refractivity contribution is 6.05. The second-order valence-corrected chi connectivity index (χ2v) is 6.51. The smallest absolute Gasteiger partial charge is 0.335 e. The lowest BCUT2D eigenvalue weighted by molar-refractivity contribution is 0.0695. The van der Waals surface area contributed by atoms with Gasteiger partial charge >= 0.3 is 5.97 Å². The Labute approximate surface area is 150 Å². The highest BCUT2D eigenvalue weighted by Crippen LogP contribution is 2.31. The summed E-state index contributed by atoms with van der Waals surface area (Å²) in [6.45, 7) is 1.13. The van der Waals surface area contributed by atoms with Gasteiger partial charge in [0.1, 0.15) is 0 Å². The van der Waals surface area contributed by atoms with Crippen LogP contribution in [0.3, 0.4) is 0 Å². The molecule has 0 saturated carbocycles. The average molecular weight is 346 g/mol. The summed E-state index contributed by atoms with van der Waals surface area (Å²) in [5.74, 6) is -0.942. The van der Waals surface area contributed by atoms with Crippen molar-refractivity contribution in [2.24, 2.45) is 0 Å². The van der Waals surface area contributed by atoms with Crippen molar-refractivity contribution in [2.45, 2.75) is 12.3 Å². The van der Waals surface area contributed by atoms with E-state index in [1.807, 2.05) is 36.4 Å². The van der Waals surface area contributed by atoms with Gasteiger partial charge in [-0.25, -0.2) is 4.79 Å². The third kappa shape index (κ3) is 2.81. The molecule has 1 aromatic heterocycles. The van der Waals surface area contributed by atoms with Crippen LogP contribution in [0.25, 0.3) is 10.9 Å². The van der Waals surface area contributed by atoms with Gasteiger partial charge in [0.05, 0.1) is 16.6 Å². The third-order valence-corrected chi connectivity index (χ3v) is 4.97. The molecule has 5 heteroatoms. The SMILES string of the molecule is O=C(O)c1ccccc1[C@@H]1CCN(C(=O)c2cccc3cccnc23)C1. The molecule has 2 heterocycles. The first-order chi connectivity index (χ1) is 12.6. The van der Waals surface area contributed by atoms with Gasteiger partial charge in [-0.15, -0.1) is 0 Å². The fourth-order valence-corrected chi connectivity index (χ4v) is 3.69. The molecule has 2 aromatic carbocycles. The molecule has 1 saturated heterocycles. The van der Waals surface area contributed by atoms with Crippen molar-refractivity contribution in [2.75, 3.05) is 13.1 Å². The molecule has 1 atom stereocenters. The quantitative estimate of drug-likeness (QED) is 0.787. The summed E-state index contributed by atoms with van der Waals surface area (Å²) in [5.41, 5.74) is 2.41. The standard InChI is InChI=1S/C21H18N2O3/c24-20(18-9-3-5-14-6-4-11-22-19(14)18)23-12-10-15(13-23)16-7-1-2-8-17(16)21(25)26/h1-9,11,15H,10,12-13H2,(H,25,26)/t15-/m1/s1. The van der Waals surface area contributed by atoms with E-state index in [1.165, 1.54) is 0 Å². The van der Waals surface area contributed by atoms with E-state index in [1.54, 1.807) is 29.3 Å². The average Bonchev–Trinajstić information content (AvgIpc) is 3.17. The summed E-state index contributed by atoms with van der Waals surface area (Å²) in [5, 5.41) is 10.3. The number of nitrogens with zero attached hydrogens (tertiary/aromatic N) is 2. The Morgan fingerprint density at radius 1 is 1.00 bits per heavy atom. The highest BCUT2D eigenvalue weighted by atomic mass is 16.4. The van der Waals surface area contributed by atoms with Gasteiger partial charge in [-0.2, -0.15) is 0 Å². The lowest BCUT2D eigenvalue weighted by atomic mass is 9.93. The van der Waals surface area contributed by atoms with Gasteiger partial charge in [0.15, 0.2) is 0 Å². The van der Waals surface area contributed by atoms with Gasteiger partial charge in [-0.05, 0) is 30.2 Å². The number of carbonyl (C=O) groups is 2. The monoisotopic (exact) mass is 346 g/mol. The normalized spacial score (nSPS) is 16.8. The molecule has 0 spiro atoms. The van der Waals surface area contributed by atoms with Crippen LogP contribution in [0.1, 0.15) is 38.6 Å². The number of hydrogen-bond donors (Lipinski definition) is 1. The van der Waals surface area contributed by atoms with Crippen molar-refractivity contribution >= 4 is 22.8 Å². The number of benzene rings is 2. The topological polar surface area (TPSA) is 70.5 Å². The van der Waals surface area contributed by atoms with Crippen LogP contribution in [0.5, 0.6) is 0 Å². The van der Waals surface area contributed by atoms with E-state index in [4.69, 9.17) is 0 Å². The second kappa shape index (κ2) is 6.59. The fourth-order valence-electron chi connectivity index (χ4n) is 3.69. The van der Waals surface area contributed by atoms with Crippen LogP contribution in [0, 0.1) is 0 Å². The molecule has 1 amide bonds. The van der Waals surface area contributed by atoms with Crippen LogP contribution in [0.15, 0.2) is 60.8 Å². The van der Waals surface area contributed by atoms with Crippen LogP contribution in [-0.4, -0.2) is 40.0 Å². The van der Waals surface area contributed by atoms with E-state index in [0.29, 0.717) is 29.7 Å². The lowest BCUT2D eigenvalue weighted by Gasteiger charge is -2.18. The molecular weight excluding hydrogens is 328 g/mol. The molecular formula is C21H18N2O3. The number of para-hydroxylation sites is 1. The number of aromatic nitrogens is 1. The molecule has 1 fully saturated rings. The summed E-state index contributed by atoms with van der Waals surface area (Å²) < 4.78 is 0. The number of carbonyl (C=O) groups excluding carboxylic acids is 1. The van der Waals surface area contributed by atoms with Gasteiger partial charge in [0.25, 0.3) is 5.91 Å². The first kappa shape index (κ1) is 16.3. The van der Waals surface area contributed by atoms with Crippen LogP contribution in [0.4, 0.5) is 0 Å². The van der Waals surface area contributed by atoms with E-state index in [-0.39, 0.29) is 11.8 Å². The molecule has 0 radical (unpaired) electrons. The summed E-state index contributed by atoms with van der Waals surface area (Å²) in [4.78, 5) is 30.7. The minimum absolute atomic E-state index is 0.0363. The molecule has 0 bridgehead atoms. The van der Waals surface area contributed by atoms with E-state index in [0.717, 1.165) is 17.4 Å². The zero-order valence-electron chi connectivity index (χ0n) is 14.1. The zero-order chi connectivity index (χ0) is 18.1. The van der Waals surface area contributed by atoms with Crippen LogP contribution in [0.2, 0.25) is 0 Å². The van der Waals surface area contributed by atoms with Gasteiger partial charge in [-0.3, -0.25) is 9.78 Å². The van der Waals surface area contributed by atoms with E-state index in [2.05, 4.69) is 4.98 Å². The third-order valence-electron chi connectivity index (χ3n) is 4.97. The number of pyridine rings is 1. The number of hydrogen-bond acceptors (Lipinski definition) is 3. The zero-order valence-corrected chi connectivity index (χ0v) is 14.1. The van der Waals surface area contributed by atoms with Gasteiger partial charge in [-0.1, -0.05) is 36.4 Å². The maximum Gasteiger partial charge on any atom is 0.335 e. The number of likely N-dealkylation sites (tertiary alicyclic amines) is 1. The van der Waals surface area contributed by atoms with Crippen molar-refractivity contribution in [3.05, 3.63) is 77.5 Å². The Kier molecular flexibility index (Phi) is 4.13. The summed E-state index contributed by atoms with van der Waals surface area (Å²) >= 11 is 0. The lowest BCUT2D eigenvalue weighted by Crippen LogP contribution is -2.28. The van der Waals surface area contributed by atoms with Gasteiger partial charge < -0.3 is 10.0 Å². The van der Waals surface area contributed by atoms with Crippen molar-refractivity contribution < 1.29 is 14.7 Å². The van der Waals surface area contributed by atoms with E-state index >= 15 is 0 Å². The molecule has 5 nitrogen and oxygen atoms in total. The molecule has 26 heavy (non-hydrogen) atoms. The number of amides is 1. The van der Waals surface area contributed by atoms with E-state index in [9.17, 15) is 14.7 Å². The van der Waals surface area contributed by atoms with Crippen LogP contribution in [-0.2, 0) is 0 Å². The van der Waals surface area contributed by atoms with Crippen LogP contribution >= 0.6 is 0 Å². The maximum absolute atomic E-state index is 13.0. The molecule has 4 rings (SSSR count). The largest absolute Gasteiger partial charge is 0.478 e. The molecule has 0 unspecified atom stereocenters. The Hall–Kier alpha value is -3.21. The Morgan fingerprint density at radius 3 is 2.62 bits per heavy atom. The minimum atomic E-state index is -0.927. The number of carboxylic acids is 1. The number of fused-ring (bicyclic) bond motifs is 1. The Balaban J connectivity index is 1.61. The number of carboxylic acid groups (broad SMARTS) is 1. The van der Waals surface area contributed by atoms with Crippen LogP contribution < -0.4 is 0 Å². The van der Waals surface area contributed by atoms with Gasteiger partial charge in [0.2, 0.25) is 0 Å². The fraction of sp³-hybridized carbons (Fsp3) is 0.190. The van der Waals surface area contributed by atoms with Crippen molar-refractivity contribution in [1.82, 2.24) is 9.88 Å². The molecule has 1 N–H and O–H groups in total. The Bertz CT molecular complexity index is 994. The molecule has 0 aliphatic carbocycles. The second-order valence-electron chi connectivity index (χ2n) is 6.51. The first-order valence-corrected chi connectivity index (χ1v) is 8.60. The van der Waals surface area contributed by atoms with Crippen molar-refractivity contribution in [3.8, 4) is 0 Å². The summed E-state index contributed by atoms with van der Waals surface area (Å²) in [7, 11) is 0. The first-order valence-electron chi connectivity index (χ1n) is 8.60. The number of rotatable bonds is 3. The van der Waals surface area contributed by atoms with Crippen molar-refractivity contribution in [1.29, 1.82) is 0 Å². The number of aromatic carboxylic acids is 1. The summed E-state index contributed by atoms with van der Waals surface area (Å²) in [6, 6.07) is 16.4. The maximum atomic E-state index is 13.0. The molecule has 1 aliphatic heterocycles. The molecule has 130 valence electrons. The van der Waals surface area contributed by atoms with E-state index < -0.39 is 5.97 Å².